The van der Waals surface area contributed by atoms with Gasteiger partial charge in [-0.1, -0.05) is 255 Å². The molecule has 5 aliphatic carbocycles. The fourth-order valence-corrected chi connectivity index (χ4v) is 25.1. The molecule has 0 N–H and O–H groups in total. The minimum absolute atomic E-state index is 0.0371. The first-order valence-electron chi connectivity index (χ1n) is 42.5. The smallest absolute Gasteiger partial charge is 0.171 e. The number of hydrogen-bond acceptors (Lipinski definition) is 10. The Morgan fingerprint density at radius 3 is 0.336 bits per heavy atom. The van der Waals surface area contributed by atoms with E-state index >= 15 is 0 Å². The Hall–Kier alpha value is -16.3. The summed E-state index contributed by atoms with van der Waals surface area (Å²) >= 11 is 0. The van der Waals surface area contributed by atoms with Gasteiger partial charge in [0.1, 0.15) is 0 Å². The van der Waals surface area contributed by atoms with Gasteiger partial charge in [0.15, 0.2) is 57.8 Å². The number of ketones is 10. The van der Waals surface area contributed by atoms with E-state index in [4.69, 9.17) is 0 Å². The Labute approximate surface area is 702 Å². The molecule has 0 bridgehead atoms. The van der Waals surface area contributed by atoms with Crippen molar-refractivity contribution < 1.29 is 47.9 Å². The third kappa shape index (κ3) is 7.76. The van der Waals surface area contributed by atoms with Gasteiger partial charge in [-0.05, 0) is 232 Å². The molecule has 32 rings (SSSR count). The van der Waals surface area contributed by atoms with Crippen LogP contribution in [-0.2, 0) is 0 Å². The van der Waals surface area contributed by atoms with Crippen LogP contribution in [0.5, 0.6) is 0 Å². The molecule has 0 saturated carbocycles. The minimum Gasteiger partial charge on any atom is -0.294 e. The third-order valence-electron chi connectivity index (χ3n) is 30.0. The minimum atomic E-state index is -0.120. The number of fused-ring (bicyclic) bond motifs is 14. The summed E-state index contributed by atoms with van der Waals surface area (Å²) in [4.78, 5) is 129. The Morgan fingerprint density at radius 1 is 0.104 bits per heavy atom. The van der Waals surface area contributed by atoms with Crippen molar-refractivity contribution in [3.63, 3.8) is 0 Å². The Morgan fingerprint density at radius 2 is 0.208 bits per heavy atom. The molecule has 27 aromatic rings. The summed E-state index contributed by atoms with van der Waals surface area (Å²) < 4.78 is 0. The van der Waals surface area contributed by atoms with Crippen LogP contribution in [0.3, 0.4) is 0 Å². The summed E-state index contributed by atoms with van der Waals surface area (Å²) in [5, 5.41) is 52.7. The first-order chi connectivity index (χ1) is 61.2. The van der Waals surface area contributed by atoms with E-state index in [9.17, 15) is 47.9 Å². The molecule has 0 unspecified atom stereocenters. The van der Waals surface area contributed by atoms with Crippen molar-refractivity contribution >= 4 is 316 Å². The van der Waals surface area contributed by atoms with Gasteiger partial charge in [-0.2, -0.15) is 0 Å². The Bertz CT molecular complexity index is 9300. The fourth-order valence-electron chi connectivity index (χ4n) is 25.1. The van der Waals surface area contributed by atoms with E-state index in [1.165, 1.54) is 97.0 Å². The van der Waals surface area contributed by atoms with Crippen molar-refractivity contribution in [3.8, 4) is 0 Å². The van der Waals surface area contributed by atoms with E-state index in [1.807, 2.05) is 84.9 Å². The van der Waals surface area contributed by atoms with Crippen LogP contribution in [0, 0.1) is 0 Å². The average molecular weight is 1590 g/mol. The van der Waals surface area contributed by atoms with Crippen LogP contribution in [0.4, 0.5) is 0 Å². The average Bonchev–Trinajstić information content (AvgIpc) is 0.672. The van der Waals surface area contributed by atoms with Gasteiger partial charge in [-0.25, -0.2) is 0 Å². The van der Waals surface area contributed by atoms with Gasteiger partial charge in [-0.3, -0.25) is 47.9 Å². The highest BCUT2D eigenvalue weighted by Crippen LogP contribution is 2.57. The Balaban J connectivity index is 0.0000000934. The molecule has 10 nitrogen and oxygen atoms in total. The van der Waals surface area contributed by atoms with Crippen molar-refractivity contribution in [1.82, 2.24) is 0 Å². The quantitative estimate of drug-likeness (QED) is 0.0808. The fraction of sp³-hybridized carbons (Fsp3) is 0.0435. The first-order valence-corrected chi connectivity index (χ1v) is 42.5. The molecule has 0 aromatic heterocycles. The lowest BCUT2D eigenvalue weighted by Crippen LogP contribution is -2.16. The maximum atomic E-state index is 13.0. The molecule has 0 saturated heterocycles. The maximum absolute atomic E-state index is 13.0. The molecule has 0 fully saturated rings. The van der Waals surface area contributed by atoms with E-state index < -0.39 is 0 Å². The Kier molecular flexibility index (Phi) is 11.8. The summed E-state index contributed by atoms with van der Waals surface area (Å²) in [6, 6.07) is 88.2. The molecule has 0 spiro atoms. The molecule has 125 heavy (non-hydrogen) atoms. The van der Waals surface area contributed by atoms with Crippen molar-refractivity contribution in [2.75, 3.05) is 0 Å². The van der Waals surface area contributed by atoms with Crippen LogP contribution in [0.15, 0.2) is 255 Å². The predicted octanol–water partition coefficient (Wildman–Crippen LogP) is 27.6. The standard InChI is InChI=1S/C46H20O4.C36H16O4.C33H16O2/c47-35-17-36(48)32-14-10-28-24-7-3-21-22-4-8-26-30-12-16-34-38(50)18-37(49)33-15-11-29(44(30)46(33)34)25-6-2-20(40(22)42(25)26)19-1-5-23(41(24)39(19)21)27-9-13-31(35)45(32)43(27)28;37-27-13-28(38)24-11-7-21-17-3-4-18-22-8-12-26-30(40)14-29(39)25-10-6-20(34(22)36(25)26)16-2-1-15(31(17)32(16)18)19-5-9-23(27)35(24)33(19)21;34-27-15-28(35)26-14-12-24-22-10-8-20-18-6-2-4-16-3-1-5-17(29(16)18)19-7-9-21(31(22)30(19)20)23-11-13-25(27)33(26)32(23)24/h1-16H,17-18H2;1-12H,13-14H2;1-14H,15H2. The molecule has 10 heteroatoms. The summed E-state index contributed by atoms with van der Waals surface area (Å²) in [7, 11) is 0. The zero-order valence-electron chi connectivity index (χ0n) is 65.9. The highest BCUT2D eigenvalue weighted by molar-refractivity contribution is 6.52. The number of hydrogen-bond donors (Lipinski definition) is 0. The van der Waals surface area contributed by atoms with E-state index in [-0.39, 0.29) is 89.9 Å². The van der Waals surface area contributed by atoms with E-state index in [1.54, 1.807) is 0 Å². The zero-order valence-corrected chi connectivity index (χ0v) is 65.9. The summed E-state index contributed by atoms with van der Waals surface area (Å²) in [5.74, 6) is -1.06. The lowest BCUT2D eigenvalue weighted by atomic mass is 9.78. The SMILES string of the molecule is O=C1CC(=O)c2ccc3c4ccc5c6ccc7c8c(ccc(c9ccc(c%10ccc1c2c%103)c4c95)c86)C(=O)CC7=O.O=C1CC(=O)c2ccc3c4ccc5c6ccc7c8ccc9c%10c(ccc(c%11ccc(c%12ccc(c%13ccc1c2c%133)c4c%125)c6c%117)c%108)C(=O)CC9=O.O=C1CC(=O)c2ccc3c4ccc5c6cccc7cccc(c8ccc(c9ccc1c2c93)c4c85)c76. The first kappa shape index (κ1) is 66.5. The molecule has 0 atom stereocenters. The third-order valence-corrected chi connectivity index (χ3v) is 30.0. The van der Waals surface area contributed by atoms with Gasteiger partial charge in [0.2, 0.25) is 0 Å². The molecular formula is C115H52O10. The van der Waals surface area contributed by atoms with E-state index in [2.05, 4.69) is 170 Å². The lowest BCUT2D eigenvalue weighted by molar-refractivity contribution is 0.0874. The van der Waals surface area contributed by atoms with Gasteiger partial charge < -0.3 is 0 Å². The van der Waals surface area contributed by atoms with Crippen molar-refractivity contribution in [1.29, 1.82) is 0 Å². The van der Waals surface area contributed by atoms with Gasteiger partial charge in [0.05, 0.1) is 32.1 Å². The normalized spacial score (nSPS) is 15.0. The number of benzene rings is 27. The molecule has 0 heterocycles. The lowest BCUT2D eigenvalue weighted by Gasteiger charge is -2.23. The van der Waals surface area contributed by atoms with Crippen molar-refractivity contribution in [2.24, 2.45) is 0 Å². The molecule has 27 aromatic carbocycles. The van der Waals surface area contributed by atoms with Gasteiger partial charge in [0.25, 0.3) is 0 Å². The van der Waals surface area contributed by atoms with Crippen LogP contribution in [0.2, 0.25) is 0 Å². The van der Waals surface area contributed by atoms with Crippen LogP contribution in [0.1, 0.15) is 136 Å². The van der Waals surface area contributed by atoms with Crippen LogP contribution >= 0.6 is 0 Å². The number of carbonyl (C=O) groups excluding carboxylic acids is 10. The maximum Gasteiger partial charge on any atom is 0.171 e. The van der Waals surface area contributed by atoms with Gasteiger partial charge >= 0.3 is 0 Å². The molecule has 0 amide bonds. The summed E-state index contributed by atoms with van der Waals surface area (Å²) in [5.41, 5.74) is 6.43. The summed E-state index contributed by atoms with van der Waals surface area (Å²) in [6.45, 7) is 0. The van der Waals surface area contributed by atoms with Crippen LogP contribution < -0.4 is 0 Å². The van der Waals surface area contributed by atoms with Crippen LogP contribution in [0.25, 0.3) is 259 Å². The molecule has 5 aliphatic rings. The van der Waals surface area contributed by atoms with E-state index in [0.717, 1.165) is 162 Å². The second kappa shape index (κ2) is 22.3. The number of rotatable bonds is 0. The van der Waals surface area contributed by atoms with Crippen molar-refractivity contribution in [2.45, 2.75) is 32.1 Å². The highest BCUT2D eigenvalue weighted by atomic mass is 16.2. The number of carbonyl (C=O) groups is 10. The number of Topliss-reactive ketones (excluding diaryl/α,β-unsaturated/α-hetero) is 10. The molecular weight excluding hydrogens is 1540 g/mol. The summed E-state index contributed by atoms with van der Waals surface area (Å²) in [6.07, 6.45) is -0.340. The van der Waals surface area contributed by atoms with Crippen LogP contribution in [-0.4, -0.2) is 57.8 Å². The zero-order chi connectivity index (χ0) is 82.5. The topological polar surface area (TPSA) is 171 Å². The second-order valence-corrected chi connectivity index (χ2v) is 35.5. The molecule has 0 aliphatic heterocycles. The largest absolute Gasteiger partial charge is 0.294 e. The second-order valence-electron chi connectivity index (χ2n) is 35.5. The van der Waals surface area contributed by atoms with Gasteiger partial charge in [-0.15, -0.1) is 0 Å². The monoisotopic (exact) mass is 1590 g/mol. The van der Waals surface area contributed by atoms with E-state index in [0.29, 0.717) is 55.6 Å². The molecule has 0 radical (unpaired) electrons. The highest BCUT2D eigenvalue weighted by Gasteiger charge is 2.36. The molecule has 572 valence electrons. The predicted molar refractivity (Wildman–Crippen MR) is 504 cm³/mol. The van der Waals surface area contributed by atoms with Gasteiger partial charge in [0, 0.05) is 82.6 Å². The van der Waals surface area contributed by atoms with Crippen molar-refractivity contribution in [3.05, 3.63) is 310 Å².